The third-order valence-electron chi connectivity index (χ3n) is 3.31. The third kappa shape index (κ3) is 3.31. The van der Waals surface area contributed by atoms with Gasteiger partial charge in [0.05, 0.1) is 12.2 Å². The maximum atomic E-state index is 9.71. The average molecular weight is 195 g/mol. The minimum Gasteiger partial charge on any atom is -0.393 e. The van der Waals surface area contributed by atoms with Gasteiger partial charge in [0.25, 0.3) is 0 Å². The SMILES string of the molecule is C[C@H]1C[C@H](O)C[C@](C)(CCCC#N)C1. The molecule has 1 fully saturated rings. The number of unbranched alkanes of at least 4 members (excludes halogenated alkanes) is 1. The molecule has 0 unspecified atom stereocenters. The summed E-state index contributed by atoms with van der Waals surface area (Å²) in [4.78, 5) is 0. The molecule has 0 aromatic rings. The van der Waals surface area contributed by atoms with Crippen LogP contribution in [0.4, 0.5) is 0 Å². The van der Waals surface area contributed by atoms with Crippen LogP contribution in [0.5, 0.6) is 0 Å². The first-order chi connectivity index (χ1) is 6.56. The summed E-state index contributed by atoms with van der Waals surface area (Å²) < 4.78 is 0. The zero-order chi connectivity index (χ0) is 10.6. The fourth-order valence-electron chi connectivity index (χ4n) is 2.92. The van der Waals surface area contributed by atoms with Crippen LogP contribution in [0.25, 0.3) is 0 Å². The first kappa shape index (κ1) is 11.5. The average Bonchev–Trinajstić information content (AvgIpc) is 2.01. The fraction of sp³-hybridized carbons (Fsp3) is 0.917. The number of nitrogens with zero attached hydrogens (tertiary/aromatic N) is 1. The Labute approximate surface area is 86.9 Å². The van der Waals surface area contributed by atoms with E-state index in [4.69, 9.17) is 5.26 Å². The molecule has 80 valence electrons. The highest BCUT2D eigenvalue weighted by Crippen LogP contribution is 2.42. The molecule has 0 heterocycles. The van der Waals surface area contributed by atoms with Crippen LogP contribution in [-0.2, 0) is 0 Å². The Morgan fingerprint density at radius 3 is 2.79 bits per heavy atom. The lowest BCUT2D eigenvalue weighted by molar-refractivity contribution is 0.0247. The van der Waals surface area contributed by atoms with Crippen LogP contribution >= 0.6 is 0 Å². The molecular formula is C12H21NO. The Morgan fingerprint density at radius 1 is 1.50 bits per heavy atom. The summed E-state index contributed by atoms with van der Waals surface area (Å²) in [6.07, 6.45) is 5.67. The van der Waals surface area contributed by atoms with E-state index in [0.29, 0.717) is 12.3 Å². The number of aliphatic hydroxyl groups excluding tert-OH is 1. The van der Waals surface area contributed by atoms with E-state index >= 15 is 0 Å². The highest BCUT2D eigenvalue weighted by atomic mass is 16.3. The third-order valence-corrected chi connectivity index (χ3v) is 3.31. The lowest BCUT2D eigenvalue weighted by Gasteiger charge is -2.39. The maximum absolute atomic E-state index is 9.71. The minimum absolute atomic E-state index is 0.120. The zero-order valence-corrected chi connectivity index (χ0v) is 9.29. The van der Waals surface area contributed by atoms with E-state index in [9.17, 15) is 5.11 Å². The van der Waals surface area contributed by atoms with Crippen molar-refractivity contribution in [2.75, 3.05) is 0 Å². The van der Waals surface area contributed by atoms with Gasteiger partial charge in [-0.05, 0) is 43.4 Å². The van der Waals surface area contributed by atoms with E-state index in [1.54, 1.807) is 0 Å². The lowest BCUT2D eigenvalue weighted by Crippen LogP contribution is -2.32. The minimum atomic E-state index is -0.120. The summed E-state index contributed by atoms with van der Waals surface area (Å²) in [6.45, 7) is 4.47. The molecule has 0 bridgehead atoms. The van der Waals surface area contributed by atoms with Gasteiger partial charge in [0.15, 0.2) is 0 Å². The number of hydrogen-bond donors (Lipinski definition) is 1. The van der Waals surface area contributed by atoms with E-state index in [2.05, 4.69) is 19.9 Å². The molecule has 1 N–H and O–H groups in total. The van der Waals surface area contributed by atoms with Gasteiger partial charge < -0.3 is 5.11 Å². The van der Waals surface area contributed by atoms with Crippen molar-refractivity contribution in [1.29, 1.82) is 5.26 Å². The predicted molar refractivity (Wildman–Crippen MR) is 56.6 cm³/mol. The Kier molecular flexibility index (Phi) is 3.95. The maximum Gasteiger partial charge on any atom is 0.0621 e. The van der Waals surface area contributed by atoms with E-state index in [-0.39, 0.29) is 11.5 Å². The molecule has 2 nitrogen and oxygen atoms in total. The number of aliphatic hydroxyl groups is 1. The largest absolute Gasteiger partial charge is 0.393 e. The van der Waals surface area contributed by atoms with E-state index < -0.39 is 0 Å². The monoisotopic (exact) mass is 195 g/mol. The second-order valence-corrected chi connectivity index (χ2v) is 5.23. The molecular weight excluding hydrogens is 174 g/mol. The second-order valence-electron chi connectivity index (χ2n) is 5.23. The smallest absolute Gasteiger partial charge is 0.0621 e. The molecule has 1 aliphatic rings. The normalized spacial score (nSPS) is 37.9. The molecule has 0 saturated heterocycles. The van der Waals surface area contributed by atoms with Gasteiger partial charge >= 0.3 is 0 Å². The van der Waals surface area contributed by atoms with Crippen molar-refractivity contribution in [3.05, 3.63) is 0 Å². The van der Waals surface area contributed by atoms with Crippen LogP contribution in [0.3, 0.4) is 0 Å². The van der Waals surface area contributed by atoms with Crippen LogP contribution in [-0.4, -0.2) is 11.2 Å². The van der Waals surface area contributed by atoms with Gasteiger partial charge in [0, 0.05) is 6.42 Å². The number of rotatable bonds is 3. The second kappa shape index (κ2) is 4.79. The van der Waals surface area contributed by atoms with Crippen molar-refractivity contribution in [3.8, 4) is 6.07 Å². The molecule has 0 spiro atoms. The molecule has 0 radical (unpaired) electrons. The Balaban J connectivity index is 2.42. The van der Waals surface area contributed by atoms with Crippen molar-refractivity contribution >= 4 is 0 Å². The van der Waals surface area contributed by atoms with Gasteiger partial charge in [-0.3, -0.25) is 0 Å². The molecule has 1 saturated carbocycles. The van der Waals surface area contributed by atoms with Gasteiger partial charge in [-0.2, -0.15) is 5.26 Å². The first-order valence-corrected chi connectivity index (χ1v) is 5.61. The van der Waals surface area contributed by atoms with Crippen LogP contribution in [0.1, 0.15) is 52.4 Å². The Morgan fingerprint density at radius 2 is 2.21 bits per heavy atom. The Hall–Kier alpha value is -0.550. The number of nitriles is 1. The molecule has 0 aromatic heterocycles. The summed E-state index contributed by atoms with van der Waals surface area (Å²) >= 11 is 0. The topological polar surface area (TPSA) is 44.0 Å². The highest BCUT2D eigenvalue weighted by molar-refractivity contribution is 4.86. The van der Waals surface area contributed by atoms with Crippen molar-refractivity contribution in [2.45, 2.75) is 58.5 Å². The quantitative estimate of drug-likeness (QED) is 0.704. The summed E-state index contributed by atoms with van der Waals surface area (Å²) in [6, 6.07) is 2.18. The van der Waals surface area contributed by atoms with Crippen molar-refractivity contribution in [2.24, 2.45) is 11.3 Å². The molecule has 1 rings (SSSR count). The van der Waals surface area contributed by atoms with Gasteiger partial charge in [-0.25, -0.2) is 0 Å². The molecule has 0 aliphatic heterocycles. The van der Waals surface area contributed by atoms with E-state index in [1.807, 2.05) is 0 Å². The number of hydrogen-bond acceptors (Lipinski definition) is 2. The van der Waals surface area contributed by atoms with Crippen LogP contribution in [0, 0.1) is 22.7 Å². The predicted octanol–water partition coefficient (Wildman–Crippen LogP) is 2.87. The molecule has 0 amide bonds. The fourth-order valence-corrected chi connectivity index (χ4v) is 2.92. The van der Waals surface area contributed by atoms with Crippen LogP contribution < -0.4 is 0 Å². The zero-order valence-electron chi connectivity index (χ0n) is 9.29. The standard InChI is InChI=1S/C12H21NO/c1-10-7-11(14)9-12(2,8-10)5-3-4-6-13/h10-11,14H,3-5,7-9H2,1-2H3/t10-,11-,12+/m0/s1. The van der Waals surface area contributed by atoms with E-state index in [1.165, 1.54) is 6.42 Å². The summed E-state index contributed by atoms with van der Waals surface area (Å²) in [5.41, 5.74) is 0.272. The van der Waals surface area contributed by atoms with Crippen molar-refractivity contribution < 1.29 is 5.11 Å². The van der Waals surface area contributed by atoms with Crippen molar-refractivity contribution in [1.82, 2.24) is 0 Å². The van der Waals surface area contributed by atoms with Gasteiger partial charge in [0.2, 0.25) is 0 Å². The summed E-state index contributed by atoms with van der Waals surface area (Å²) in [5.74, 6) is 0.630. The molecule has 1 aliphatic carbocycles. The van der Waals surface area contributed by atoms with E-state index in [0.717, 1.165) is 25.7 Å². The molecule has 0 aromatic carbocycles. The summed E-state index contributed by atoms with van der Waals surface area (Å²) in [5, 5.41) is 18.2. The van der Waals surface area contributed by atoms with Gasteiger partial charge in [-0.1, -0.05) is 13.8 Å². The molecule has 14 heavy (non-hydrogen) atoms. The van der Waals surface area contributed by atoms with Crippen LogP contribution in [0.2, 0.25) is 0 Å². The molecule has 2 heteroatoms. The van der Waals surface area contributed by atoms with Crippen molar-refractivity contribution in [3.63, 3.8) is 0 Å². The van der Waals surface area contributed by atoms with Crippen LogP contribution in [0.15, 0.2) is 0 Å². The van der Waals surface area contributed by atoms with Gasteiger partial charge in [-0.15, -0.1) is 0 Å². The summed E-state index contributed by atoms with van der Waals surface area (Å²) in [7, 11) is 0. The first-order valence-electron chi connectivity index (χ1n) is 5.61. The van der Waals surface area contributed by atoms with Gasteiger partial charge in [0.1, 0.15) is 0 Å². The highest BCUT2D eigenvalue weighted by Gasteiger charge is 2.34. The lowest BCUT2D eigenvalue weighted by atomic mass is 9.68. The molecule has 3 atom stereocenters. The Bertz CT molecular complexity index is 209.